The predicted octanol–water partition coefficient (Wildman–Crippen LogP) is 0.495. The van der Waals surface area contributed by atoms with E-state index in [0.717, 1.165) is 18.7 Å². The predicted molar refractivity (Wildman–Crippen MR) is 82.8 cm³/mol. The number of nitrogens with zero attached hydrogens (tertiary/aromatic N) is 1. The summed E-state index contributed by atoms with van der Waals surface area (Å²) >= 11 is 0. The minimum absolute atomic E-state index is 0.124. The monoisotopic (exact) mass is 313 g/mol. The van der Waals surface area contributed by atoms with Gasteiger partial charge in [-0.1, -0.05) is 0 Å². The molecule has 3 N–H and O–H groups in total. The van der Waals surface area contributed by atoms with Crippen molar-refractivity contribution in [2.24, 2.45) is 0 Å². The summed E-state index contributed by atoms with van der Waals surface area (Å²) in [7, 11) is -1.59. The van der Waals surface area contributed by atoms with Crippen LogP contribution in [0, 0.1) is 13.8 Å². The highest BCUT2D eigenvalue weighted by Crippen LogP contribution is 2.22. The third-order valence-corrected chi connectivity index (χ3v) is 5.23. The smallest absolute Gasteiger partial charge is 0.241 e. The van der Waals surface area contributed by atoms with Gasteiger partial charge in [-0.25, -0.2) is 13.1 Å². The standard InChI is InChI=1S/C14H23N3O3S/c1-10-6-13(15)11(2)14(7-10)21(18,19)16-8-12-9-17(3)4-5-20-12/h6-7,12,16H,4-5,8-9,15H2,1-3H3. The second-order valence-electron chi connectivity index (χ2n) is 5.58. The van der Waals surface area contributed by atoms with Crippen LogP contribution in [0.15, 0.2) is 17.0 Å². The number of sulfonamides is 1. The Morgan fingerprint density at radius 3 is 2.81 bits per heavy atom. The minimum Gasteiger partial charge on any atom is -0.398 e. The highest BCUT2D eigenvalue weighted by atomic mass is 32.2. The molecule has 0 aliphatic carbocycles. The van der Waals surface area contributed by atoms with Crippen LogP contribution in [0.5, 0.6) is 0 Å². The molecular weight excluding hydrogens is 290 g/mol. The van der Waals surface area contributed by atoms with Gasteiger partial charge in [-0.3, -0.25) is 0 Å². The van der Waals surface area contributed by atoms with Gasteiger partial charge in [0.2, 0.25) is 10.0 Å². The summed E-state index contributed by atoms with van der Waals surface area (Å²) in [5, 5.41) is 0. The van der Waals surface area contributed by atoms with E-state index in [1.165, 1.54) is 0 Å². The lowest BCUT2D eigenvalue weighted by Gasteiger charge is -2.30. The molecule has 6 nitrogen and oxygen atoms in total. The van der Waals surface area contributed by atoms with Crippen LogP contribution in [-0.2, 0) is 14.8 Å². The highest BCUT2D eigenvalue weighted by Gasteiger charge is 2.23. The van der Waals surface area contributed by atoms with Gasteiger partial charge in [0.25, 0.3) is 0 Å². The number of rotatable bonds is 4. The van der Waals surface area contributed by atoms with Gasteiger partial charge in [0.15, 0.2) is 0 Å². The third kappa shape index (κ3) is 3.94. The second-order valence-corrected chi connectivity index (χ2v) is 7.32. The summed E-state index contributed by atoms with van der Waals surface area (Å²) < 4.78 is 33.1. The summed E-state index contributed by atoms with van der Waals surface area (Å²) in [5.74, 6) is 0. The van der Waals surface area contributed by atoms with E-state index in [2.05, 4.69) is 9.62 Å². The first-order chi connectivity index (χ1) is 9.79. The molecule has 21 heavy (non-hydrogen) atoms. The number of ether oxygens (including phenoxy) is 1. The van der Waals surface area contributed by atoms with Crippen molar-refractivity contribution in [1.82, 2.24) is 9.62 Å². The lowest BCUT2D eigenvalue weighted by atomic mass is 10.1. The third-order valence-electron chi connectivity index (χ3n) is 3.68. The maximum absolute atomic E-state index is 12.4. The Morgan fingerprint density at radius 2 is 2.14 bits per heavy atom. The van der Waals surface area contributed by atoms with Crippen LogP contribution in [0.3, 0.4) is 0 Å². The highest BCUT2D eigenvalue weighted by molar-refractivity contribution is 7.89. The van der Waals surface area contributed by atoms with Gasteiger partial charge in [0.1, 0.15) is 0 Å². The summed E-state index contributed by atoms with van der Waals surface area (Å²) in [4.78, 5) is 2.36. The van der Waals surface area contributed by atoms with Crippen LogP contribution in [-0.4, -0.2) is 52.7 Å². The SMILES string of the molecule is Cc1cc(N)c(C)c(S(=O)(=O)NCC2CN(C)CCO2)c1. The molecule has 7 heteroatoms. The van der Waals surface area contributed by atoms with Gasteiger partial charge in [-0.05, 0) is 44.2 Å². The van der Waals surface area contributed by atoms with Gasteiger partial charge < -0.3 is 15.4 Å². The fraction of sp³-hybridized carbons (Fsp3) is 0.571. The number of benzene rings is 1. The van der Waals surface area contributed by atoms with E-state index < -0.39 is 10.0 Å². The maximum Gasteiger partial charge on any atom is 0.241 e. The minimum atomic E-state index is -3.58. The molecular formula is C14H23N3O3S. The first-order valence-corrected chi connectivity index (χ1v) is 8.44. The topological polar surface area (TPSA) is 84.7 Å². The Bertz CT molecular complexity index is 616. The van der Waals surface area contributed by atoms with Gasteiger partial charge >= 0.3 is 0 Å². The fourth-order valence-electron chi connectivity index (χ4n) is 2.40. The van der Waals surface area contributed by atoms with Crippen molar-refractivity contribution < 1.29 is 13.2 Å². The van der Waals surface area contributed by atoms with E-state index in [-0.39, 0.29) is 17.5 Å². The quantitative estimate of drug-likeness (QED) is 0.791. The van der Waals surface area contributed by atoms with Crippen LogP contribution in [0.25, 0.3) is 0 Å². The molecule has 0 saturated carbocycles. The number of nitrogens with two attached hydrogens (primary N) is 1. The van der Waals surface area contributed by atoms with Crippen molar-refractivity contribution in [2.45, 2.75) is 24.8 Å². The normalized spacial score (nSPS) is 20.6. The molecule has 1 saturated heterocycles. The molecule has 0 spiro atoms. The molecule has 1 aromatic carbocycles. The first-order valence-electron chi connectivity index (χ1n) is 6.96. The molecule has 1 unspecified atom stereocenters. The zero-order valence-electron chi connectivity index (χ0n) is 12.7. The fourth-order valence-corrected chi connectivity index (χ4v) is 3.83. The average molecular weight is 313 g/mol. The van der Waals surface area contributed by atoms with Crippen LogP contribution in [0.4, 0.5) is 5.69 Å². The van der Waals surface area contributed by atoms with E-state index in [1.54, 1.807) is 19.1 Å². The maximum atomic E-state index is 12.4. The Labute approximate surface area is 126 Å². The number of aryl methyl sites for hydroxylation is 1. The second kappa shape index (κ2) is 6.31. The van der Waals surface area contributed by atoms with Crippen LogP contribution in [0.1, 0.15) is 11.1 Å². The van der Waals surface area contributed by atoms with Gasteiger partial charge in [0.05, 0.1) is 17.6 Å². The molecule has 2 rings (SSSR count). The Morgan fingerprint density at radius 1 is 1.43 bits per heavy atom. The number of hydrogen-bond acceptors (Lipinski definition) is 5. The molecule has 1 aliphatic heterocycles. The lowest BCUT2D eigenvalue weighted by Crippen LogP contribution is -2.45. The average Bonchev–Trinajstić information content (AvgIpc) is 2.41. The number of nitrogens with one attached hydrogen (secondary N) is 1. The van der Waals surface area contributed by atoms with Crippen molar-refractivity contribution in [3.63, 3.8) is 0 Å². The zero-order valence-corrected chi connectivity index (χ0v) is 13.5. The Hall–Kier alpha value is -1.15. The molecule has 118 valence electrons. The Balaban J connectivity index is 2.12. The van der Waals surface area contributed by atoms with Gasteiger partial charge in [-0.2, -0.15) is 0 Å². The molecule has 0 radical (unpaired) electrons. The van der Waals surface area contributed by atoms with Crippen LogP contribution < -0.4 is 10.5 Å². The molecule has 0 aromatic heterocycles. The van der Waals surface area contributed by atoms with Crippen LogP contribution >= 0.6 is 0 Å². The number of hydrogen-bond donors (Lipinski definition) is 2. The van der Waals surface area contributed by atoms with E-state index in [0.29, 0.717) is 17.9 Å². The molecule has 1 aromatic rings. The van der Waals surface area contributed by atoms with E-state index >= 15 is 0 Å². The van der Waals surface area contributed by atoms with Crippen molar-refractivity contribution in [3.05, 3.63) is 23.3 Å². The van der Waals surface area contributed by atoms with E-state index in [4.69, 9.17) is 10.5 Å². The van der Waals surface area contributed by atoms with Crippen molar-refractivity contribution in [2.75, 3.05) is 39.0 Å². The van der Waals surface area contributed by atoms with Crippen molar-refractivity contribution in [1.29, 1.82) is 0 Å². The molecule has 1 atom stereocenters. The molecule has 1 heterocycles. The summed E-state index contributed by atoms with van der Waals surface area (Å²) in [6.45, 7) is 6.02. The zero-order chi connectivity index (χ0) is 15.6. The molecule has 0 amide bonds. The molecule has 0 bridgehead atoms. The van der Waals surface area contributed by atoms with Gasteiger partial charge in [-0.15, -0.1) is 0 Å². The molecule has 1 aliphatic rings. The van der Waals surface area contributed by atoms with E-state index in [9.17, 15) is 8.42 Å². The van der Waals surface area contributed by atoms with Crippen molar-refractivity contribution in [3.8, 4) is 0 Å². The number of likely N-dealkylation sites (N-methyl/N-ethyl adjacent to an activating group) is 1. The van der Waals surface area contributed by atoms with Crippen LogP contribution in [0.2, 0.25) is 0 Å². The lowest BCUT2D eigenvalue weighted by molar-refractivity contribution is -0.0156. The number of morpholine rings is 1. The van der Waals surface area contributed by atoms with Gasteiger partial charge in [0, 0.05) is 25.3 Å². The molecule has 1 fully saturated rings. The Kier molecular flexibility index (Phi) is 4.88. The van der Waals surface area contributed by atoms with E-state index in [1.807, 2.05) is 14.0 Å². The number of nitrogen functional groups attached to an aromatic ring is 1. The largest absolute Gasteiger partial charge is 0.398 e. The number of anilines is 1. The summed E-state index contributed by atoms with van der Waals surface area (Å²) in [6.07, 6.45) is -0.124. The first kappa shape index (κ1) is 16.2. The summed E-state index contributed by atoms with van der Waals surface area (Å²) in [6, 6.07) is 3.41. The summed E-state index contributed by atoms with van der Waals surface area (Å²) in [5.41, 5.74) is 7.75. The van der Waals surface area contributed by atoms with Crippen molar-refractivity contribution >= 4 is 15.7 Å².